The second-order valence-corrected chi connectivity index (χ2v) is 7.73. The molecule has 0 aliphatic rings. The number of aliphatic imine (C=N–C) groups is 1. The molecule has 0 heterocycles. The standard InChI is InChI=1S/C14H31N3O3S/c1-5-15-14(16-8-6-12-21(4,18)19)17-9-11-20-10-7-13(2)3/h13H,5-12H2,1-4H3,(H2,15,16,17). The van der Waals surface area contributed by atoms with Crippen molar-refractivity contribution in [2.45, 2.75) is 33.6 Å². The Balaban J connectivity index is 3.85. The smallest absolute Gasteiger partial charge is 0.191 e. The molecular weight excluding hydrogens is 290 g/mol. The summed E-state index contributed by atoms with van der Waals surface area (Å²) in [6, 6.07) is 0. The Labute approximate surface area is 129 Å². The predicted octanol–water partition coefficient (Wildman–Crippen LogP) is 1.04. The van der Waals surface area contributed by atoms with Gasteiger partial charge in [-0.2, -0.15) is 0 Å². The molecule has 0 spiro atoms. The molecule has 0 saturated heterocycles. The van der Waals surface area contributed by atoms with Crippen LogP contribution in [0.2, 0.25) is 0 Å². The molecule has 0 atom stereocenters. The van der Waals surface area contributed by atoms with Gasteiger partial charge in [-0.15, -0.1) is 0 Å². The Morgan fingerprint density at radius 1 is 1.24 bits per heavy atom. The summed E-state index contributed by atoms with van der Waals surface area (Å²) in [5, 5.41) is 6.29. The summed E-state index contributed by atoms with van der Waals surface area (Å²) < 4.78 is 27.6. The maximum atomic E-state index is 11.0. The molecular formula is C14H31N3O3S. The third kappa shape index (κ3) is 15.4. The quantitative estimate of drug-likeness (QED) is 0.338. The van der Waals surface area contributed by atoms with Crippen LogP contribution >= 0.6 is 0 Å². The second kappa shape index (κ2) is 11.8. The molecule has 7 heteroatoms. The van der Waals surface area contributed by atoms with E-state index in [1.54, 1.807) is 0 Å². The molecule has 0 aromatic carbocycles. The molecule has 0 fully saturated rings. The Morgan fingerprint density at radius 3 is 2.52 bits per heavy atom. The number of rotatable bonds is 11. The van der Waals surface area contributed by atoms with Gasteiger partial charge in [-0.1, -0.05) is 13.8 Å². The van der Waals surface area contributed by atoms with Crippen molar-refractivity contribution in [2.24, 2.45) is 10.9 Å². The molecule has 0 aliphatic heterocycles. The highest BCUT2D eigenvalue weighted by Crippen LogP contribution is 1.98. The van der Waals surface area contributed by atoms with Crippen LogP contribution < -0.4 is 10.6 Å². The Bertz CT molecular complexity index is 381. The van der Waals surface area contributed by atoms with Gasteiger partial charge in [0.25, 0.3) is 0 Å². The van der Waals surface area contributed by atoms with Gasteiger partial charge in [0.1, 0.15) is 9.84 Å². The summed E-state index contributed by atoms with van der Waals surface area (Å²) in [7, 11) is -2.90. The summed E-state index contributed by atoms with van der Waals surface area (Å²) in [5.74, 6) is 1.54. The average molecular weight is 321 g/mol. The third-order valence-electron chi connectivity index (χ3n) is 2.67. The van der Waals surface area contributed by atoms with Crippen LogP contribution in [0.4, 0.5) is 0 Å². The van der Waals surface area contributed by atoms with Crippen molar-refractivity contribution in [3.63, 3.8) is 0 Å². The molecule has 0 saturated carbocycles. The number of guanidine groups is 1. The fraction of sp³-hybridized carbons (Fsp3) is 0.929. The van der Waals surface area contributed by atoms with Gasteiger partial charge in [0.15, 0.2) is 5.96 Å². The van der Waals surface area contributed by atoms with E-state index in [4.69, 9.17) is 4.74 Å². The first-order chi connectivity index (χ1) is 9.85. The normalized spacial score (nSPS) is 12.7. The lowest BCUT2D eigenvalue weighted by atomic mass is 10.1. The summed E-state index contributed by atoms with van der Waals surface area (Å²) in [6.45, 7) is 9.72. The maximum Gasteiger partial charge on any atom is 0.191 e. The monoisotopic (exact) mass is 321 g/mol. The van der Waals surface area contributed by atoms with E-state index in [1.165, 1.54) is 6.26 Å². The predicted molar refractivity (Wildman–Crippen MR) is 88.6 cm³/mol. The van der Waals surface area contributed by atoms with Crippen LogP contribution in [0.25, 0.3) is 0 Å². The van der Waals surface area contributed by atoms with E-state index >= 15 is 0 Å². The number of nitrogens with one attached hydrogen (secondary N) is 2. The number of sulfone groups is 1. The molecule has 21 heavy (non-hydrogen) atoms. The van der Waals surface area contributed by atoms with E-state index in [0.29, 0.717) is 38.0 Å². The van der Waals surface area contributed by atoms with Crippen LogP contribution in [0, 0.1) is 5.92 Å². The second-order valence-electron chi connectivity index (χ2n) is 5.47. The van der Waals surface area contributed by atoms with Crippen LogP contribution in [0.1, 0.15) is 33.6 Å². The number of hydrogen-bond donors (Lipinski definition) is 2. The van der Waals surface area contributed by atoms with E-state index in [9.17, 15) is 8.42 Å². The van der Waals surface area contributed by atoms with Crippen molar-refractivity contribution < 1.29 is 13.2 Å². The van der Waals surface area contributed by atoms with Gasteiger partial charge < -0.3 is 15.4 Å². The lowest BCUT2D eigenvalue weighted by Gasteiger charge is -2.12. The van der Waals surface area contributed by atoms with Gasteiger partial charge in [0, 0.05) is 32.5 Å². The van der Waals surface area contributed by atoms with Crippen molar-refractivity contribution in [1.82, 2.24) is 10.6 Å². The molecule has 2 N–H and O–H groups in total. The van der Waals surface area contributed by atoms with Crippen molar-refractivity contribution in [1.29, 1.82) is 0 Å². The Kier molecular flexibility index (Phi) is 11.3. The fourth-order valence-corrected chi connectivity index (χ4v) is 2.18. The molecule has 0 radical (unpaired) electrons. The highest BCUT2D eigenvalue weighted by atomic mass is 32.2. The van der Waals surface area contributed by atoms with Gasteiger partial charge in [0.05, 0.1) is 12.4 Å². The summed E-state index contributed by atoms with van der Waals surface area (Å²) in [4.78, 5) is 4.34. The van der Waals surface area contributed by atoms with Crippen molar-refractivity contribution in [2.75, 3.05) is 44.9 Å². The zero-order valence-electron chi connectivity index (χ0n) is 13.8. The van der Waals surface area contributed by atoms with E-state index in [2.05, 4.69) is 29.5 Å². The molecule has 0 aliphatic carbocycles. The molecule has 0 aromatic rings. The first-order valence-electron chi connectivity index (χ1n) is 7.62. The van der Waals surface area contributed by atoms with Gasteiger partial charge >= 0.3 is 0 Å². The van der Waals surface area contributed by atoms with Crippen LogP contribution in [0.3, 0.4) is 0 Å². The van der Waals surface area contributed by atoms with E-state index in [1.807, 2.05) is 6.92 Å². The Hall–Kier alpha value is -0.820. The lowest BCUT2D eigenvalue weighted by molar-refractivity contribution is 0.128. The SMILES string of the molecule is CCNC(=NCCCS(C)(=O)=O)NCCOCCC(C)C. The van der Waals surface area contributed by atoms with Gasteiger partial charge in [-0.3, -0.25) is 4.99 Å². The van der Waals surface area contributed by atoms with E-state index < -0.39 is 9.84 Å². The highest BCUT2D eigenvalue weighted by Gasteiger charge is 2.01. The molecule has 0 unspecified atom stereocenters. The molecule has 126 valence electrons. The van der Waals surface area contributed by atoms with Gasteiger partial charge in [0.2, 0.25) is 0 Å². The zero-order valence-corrected chi connectivity index (χ0v) is 14.6. The number of ether oxygens (including phenoxy) is 1. The number of hydrogen-bond acceptors (Lipinski definition) is 4. The van der Waals surface area contributed by atoms with Gasteiger partial charge in [-0.25, -0.2) is 8.42 Å². The largest absolute Gasteiger partial charge is 0.380 e. The summed E-state index contributed by atoms with van der Waals surface area (Å²) in [5.41, 5.74) is 0. The zero-order chi connectivity index (χ0) is 16.1. The summed E-state index contributed by atoms with van der Waals surface area (Å²) in [6.07, 6.45) is 2.86. The molecule has 0 aromatic heterocycles. The first-order valence-corrected chi connectivity index (χ1v) is 9.69. The first kappa shape index (κ1) is 20.2. The molecule has 0 bridgehead atoms. The lowest BCUT2D eigenvalue weighted by Crippen LogP contribution is -2.39. The van der Waals surface area contributed by atoms with E-state index in [-0.39, 0.29) is 5.75 Å². The van der Waals surface area contributed by atoms with Crippen molar-refractivity contribution in [3.05, 3.63) is 0 Å². The minimum absolute atomic E-state index is 0.175. The van der Waals surface area contributed by atoms with Gasteiger partial charge in [-0.05, 0) is 25.7 Å². The maximum absolute atomic E-state index is 11.0. The molecule has 6 nitrogen and oxygen atoms in total. The van der Waals surface area contributed by atoms with Crippen molar-refractivity contribution in [3.8, 4) is 0 Å². The topological polar surface area (TPSA) is 79.8 Å². The molecule has 0 amide bonds. The fourth-order valence-electron chi connectivity index (χ4n) is 1.52. The van der Waals surface area contributed by atoms with Crippen LogP contribution in [-0.2, 0) is 14.6 Å². The minimum Gasteiger partial charge on any atom is -0.380 e. The highest BCUT2D eigenvalue weighted by molar-refractivity contribution is 7.90. The number of nitrogens with zero attached hydrogens (tertiary/aromatic N) is 1. The van der Waals surface area contributed by atoms with Crippen LogP contribution in [0.15, 0.2) is 4.99 Å². The van der Waals surface area contributed by atoms with Crippen molar-refractivity contribution >= 4 is 15.8 Å². The summed E-state index contributed by atoms with van der Waals surface area (Å²) >= 11 is 0. The molecule has 0 rings (SSSR count). The third-order valence-corrected chi connectivity index (χ3v) is 3.70. The van der Waals surface area contributed by atoms with E-state index in [0.717, 1.165) is 19.6 Å². The Morgan fingerprint density at radius 2 is 1.95 bits per heavy atom. The minimum atomic E-state index is -2.90. The average Bonchev–Trinajstić information content (AvgIpc) is 2.37. The van der Waals surface area contributed by atoms with Crippen LogP contribution in [0.5, 0.6) is 0 Å². The van der Waals surface area contributed by atoms with Crippen LogP contribution in [-0.4, -0.2) is 59.2 Å².